The van der Waals surface area contributed by atoms with Gasteiger partial charge in [0.2, 0.25) is 0 Å². The SMILES string of the molecule is Cc1c(C2CCOC2)c(C#N)c2nc3ccccc3n2c1N1CCNCC1. The summed E-state index contributed by atoms with van der Waals surface area (Å²) < 4.78 is 7.86. The summed E-state index contributed by atoms with van der Waals surface area (Å²) in [5.41, 5.74) is 5.81. The zero-order valence-electron chi connectivity index (χ0n) is 15.5. The molecule has 0 spiro atoms. The predicted octanol–water partition coefficient (Wildman–Crippen LogP) is 2.58. The van der Waals surface area contributed by atoms with Gasteiger partial charge in [0.1, 0.15) is 11.9 Å². The second kappa shape index (κ2) is 6.52. The van der Waals surface area contributed by atoms with Gasteiger partial charge in [0.25, 0.3) is 0 Å². The first-order valence-corrected chi connectivity index (χ1v) is 9.66. The molecule has 27 heavy (non-hydrogen) atoms. The minimum atomic E-state index is 0.270. The largest absolute Gasteiger partial charge is 0.381 e. The summed E-state index contributed by atoms with van der Waals surface area (Å²) >= 11 is 0. The molecule has 1 aromatic carbocycles. The Labute approximate surface area is 158 Å². The molecule has 2 aliphatic heterocycles. The van der Waals surface area contributed by atoms with Crippen LogP contribution in [0.4, 0.5) is 5.82 Å². The molecule has 2 saturated heterocycles. The van der Waals surface area contributed by atoms with E-state index in [1.54, 1.807) is 0 Å². The van der Waals surface area contributed by atoms with Crippen molar-refractivity contribution in [3.05, 3.63) is 41.0 Å². The van der Waals surface area contributed by atoms with Gasteiger partial charge in [-0.25, -0.2) is 4.98 Å². The lowest BCUT2D eigenvalue weighted by atomic mass is 9.90. The molecule has 1 N–H and O–H groups in total. The van der Waals surface area contributed by atoms with Gasteiger partial charge in [-0.15, -0.1) is 0 Å². The van der Waals surface area contributed by atoms with Crippen LogP contribution in [-0.4, -0.2) is 48.8 Å². The monoisotopic (exact) mass is 361 g/mol. The van der Waals surface area contributed by atoms with Crippen molar-refractivity contribution < 1.29 is 4.74 Å². The Morgan fingerprint density at radius 2 is 2.07 bits per heavy atom. The predicted molar refractivity (Wildman–Crippen MR) is 105 cm³/mol. The summed E-state index contributed by atoms with van der Waals surface area (Å²) in [6, 6.07) is 10.6. The number of hydrogen-bond donors (Lipinski definition) is 1. The number of rotatable bonds is 2. The first-order valence-electron chi connectivity index (χ1n) is 9.66. The van der Waals surface area contributed by atoms with E-state index in [9.17, 15) is 5.26 Å². The van der Waals surface area contributed by atoms with E-state index in [4.69, 9.17) is 9.72 Å². The van der Waals surface area contributed by atoms with Crippen LogP contribution in [0.1, 0.15) is 29.0 Å². The Morgan fingerprint density at radius 3 is 2.81 bits per heavy atom. The van der Waals surface area contributed by atoms with Gasteiger partial charge in [-0.1, -0.05) is 12.1 Å². The van der Waals surface area contributed by atoms with Gasteiger partial charge in [-0.2, -0.15) is 5.26 Å². The zero-order valence-corrected chi connectivity index (χ0v) is 15.5. The molecule has 6 heteroatoms. The first kappa shape index (κ1) is 16.5. The lowest BCUT2D eigenvalue weighted by molar-refractivity contribution is 0.194. The maximum atomic E-state index is 10.1. The van der Waals surface area contributed by atoms with Crippen LogP contribution in [0, 0.1) is 18.3 Å². The van der Waals surface area contributed by atoms with E-state index in [2.05, 4.69) is 33.7 Å². The van der Waals surface area contributed by atoms with Crippen molar-refractivity contribution in [1.29, 1.82) is 5.26 Å². The van der Waals surface area contributed by atoms with Crippen molar-refractivity contribution >= 4 is 22.5 Å². The van der Waals surface area contributed by atoms with Gasteiger partial charge in [-0.05, 0) is 36.6 Å². The van der Waals surface area contributed by atoms with Crippen molar-refractivity contribution in [1.82, 2.24) is 14.7 Å². The molecule has 2 fully saturated rings. The number of piperazine rings is 1. The Kier molecular flexibility index (Phi) is 4.00. The number of nitrogens with one attached hydrogen (secondary N) is 1. The maximum Gasteiger partial charge on any atom is 0.157 e. The van der Waals surface area contributed by atoms with Crippen LogP contribution in [0.25, 0.3) is 16.7 Å². The molecular formula is C21H23N5O. The quantitative estimate of drug-likeness (QED) is 0.760. The number of pyridine rings is 1. The van der Waals surface area contributed by atoms with Gasteiger partial charge in [0.15, 0.2) is 5.65 Å². The molecule has 3 aromatic rings. The average Bonchev–Trinajstić information content (AvgIpc) is 3.36. The standard InChI is InChI=1S/C21H23N5O/c1-14-19(15-6-11-27-13-15)16(12-22)20-24-17-4-2-3-5-18(17)26(20)21(14)25-9-7-23-8-10-25/h2-5,15,23H,6-11,13H2,1H3. The molecule has 5 rings (SSSR count). The van der Waals surface area contributed by atoms with E-state index in [1.807, 2.05) is 18.2 Å². The minimum absolute atomic E-state index is 0.270. The molecule has 0 saturated carbocycles. The van der Waals surface area contributed by atoms with E-state index in [0.29, 0.717) is 12.2 Å². The van der Waals surface area contributed by atoms with Crippen LogP contribution in [0.15, 0.2) is 24.3 Å². The Bertz CT molecular complexity index is 1050. The van der Waals surface area contributed by atoms with E-state index in [-0.39, 0.29) is 5.92 Å². The topological polar surface area (TPSA) is 65.6 Å². The highest BCUT2D eigenvalue weighted by molar-refractivity contribution is 5.86. The van der Waals surface area contributed by atoms with E-state index < -0.39 is 0 Å². The van der Waals surface area contributed by atoms with E-state index in [1.165, 1.54) is 11.4 Å². The summed E-state index contributed by atoms with van der Waals surface area (Å²) in [6.07, 6.45) is 0.965. The van der Waals surface area contributed by atoms with Crippen molar-refractivity contribution in [2.24, 2.45) is 0 Å². The van der Waals surface area contributed by atoms with E-state index >= 15 is 0 Å². The van der Waals surface area contributed by atoms with Crippen LogP contribution in [-0.2, 0) is 4.74 Å². The van der Waals surface area contributed by atoms with Gasteiger partial charge in [0.05, 0.1) is 23.2 Å². The Balaban J connectivity index is 1.89. The van der Waals surface area contributed by atoms with Crippen molar-refractivity contribution in [2.45, 2.75) is 19.3 Å². The minimum Gasteiger partial charge on any atom is -0.381 e. The fourth-order valence-corrected chi connectivity index (χ4v) is 4.64. The maximum absolute atomic E-state index is 10.1. The molecule has 4 heterocycles. The molecule has 2 aromatic heterocycles. The second-order valence-corrected chi connectivity index (χ2v) is 7.41. The molecule has 1 atom stereocenters. The number of benzene rings is 1. The Morgan fingerprint density at radius 1 is 1.26 bits per heavy atom. The highest BCUT2D eigenvalue weighted by Gasteiger charge is 2.30. The number of fused-ring (bicyclic) bond motifs is 3. The molecule has 0 aliphatic carbocycles. The third-order valence-corrected chi connectivity index (χ3v) is 5.87. The van der Waals surface area contributed by atoms with Crippen LogP contribution in [0.2, 0.25) is 0 Å². The number of aromatic nitrogens is 2. The second-order valence-electron chi connectivity index (χ2n) is 7.41. The van der Waals surface area contributed by atoms with Gasteiger partial charge >= 0.3 is 0 Å². The summed E-state index contributed by atoms with van der Waals surface area (Å²) in [4.78, 5) is 7.31. The number of nitriles is 1. The zero-order chi connectivity index (χ0) is 18.4. The number of ether oxygens (including phenoxy) is 1. The van der Waals surface area contributed by atoms with Gasteiger partial charge in [-0.3, -0.25) is 4.40 Å². The van der Waals surface area contributed by atoms with Gasteiger partial charge < -0.3 is 15.0 Å². The number of imidazole rings is 1. The highest BCUT2D eigenvalue weighted by atomic mass is 16.5. The fraction of sp³-hybridized carbons (Fsp3) is 0.429. The summed E-state index contributed by atoms with van der Waals surface area (Å²) in [5.74, 6) is 1.45. The fourth-order valence-electron chi connectivity index (χ4n) is 4.64. The molecule has 2 aliphatic rings. The number of anilines is 1. The molecular weight excluding hydrogens is 338 g/mol. The highest BCUT2D eigenvalue weighted by Crippen LogP contribution is 2.39. The summed E-state index contributed by atoms with van der Waals surface area (Å²) in [6.45, 7) is 7.46. The smallest absolute Gasteiger partial charge is 0.157 e. The van der Waals surface area contributed by atoms with Crippen LogP contribution >= 0.6 is 0 Å². The lowest BCUT2D eigenvalue weighted by Gasteiger charge is -2.33. The van der Waals surface area contributed by atoms with Crippen LogP contribution < -0.4 is 10.2 Å². The Hall–Kier alpha value is -2.62. The number of para-hydroxylation sites is 2. The van der Waals surface area contributed by atoms with Crippen molar-refractivity contribution in [2.75, 3.05) is 44.3 Å². The number of hydrogen-bond acceptors (Lipinski definition) is 5. The van der Waals surface area contributed by atoms with E-state index in [0.717, 1.165) is 61.5 Å². The summed E-state index contributed by atoms with van der Waals surface area (Å²) in [5, 5.41) is 13.5. The molecule has 138 valence electrons. The van der Waals surface area contributed by atoms with Crippen LogP contribution in [0.5, 0.6) is 0 Å². The van der Waals surface area contributed by atoms with Gasteiger partial charge in [0, 0.05) is 38.7 Å². The number of nitrogens with zero attached hydrogens (tertiary/aromatic N) is 4. The summed E-state index contributed by atoms with van der Waals surface area (Å²) in [7, 11) is 0. The van der Waals surface area contributed by atoms with Crippen LogP contribution in [0.3, 0.4) is 0 Å². The lowest BCUT2D eigenvalue weighted by Crippen LogP contribution is -2.44. The molecule has 0 amide bonds. The van der Waals surface area contributed by atoms with Crippen molar-refractivity contribution in [3.63, 3.8) is 0 Å². The molecule has 0 radical (unpaired) electrons. The molecule has 6 nitrogen and oxygen atoms in total. The molecule has 1 unspecified atom stereocenters. The molecule has 0 bridgehead atoms. The van der Waals surface area contributed by atoms with Crippen molar-refractivity contribution in [3.8, 4) is 6.07 Å². The third kappa shape index (κ3) is 2.50. The average molecular weight is 361 g/mol. The normalized spacial score (nSPS) is 20.4. The third-order valence-electron chi connectivity index (χ3n) is 5.87. The first-order chi connectivity index (χ1) is 13.3.